The van der Waals surface area contributed by atoms with E-state index in [1.807, 2.05) is 13.0 Å². The maximum atomic E-state index is 11.4. The van der Waals surface area contributed by atoms with Crippen molar-refractivity contribution in [1.82, 2.24) is 0 Å². The summed E-state index contributed by atoms with van der Waals surface area (Å²) in [7, 11) is 0. The van der Waals surface area contributed by atoms with Crippen LogP contribution in [-0.2, 0) is 9.53 Å². The van der Waals surface area contributed by atoms with Gasteiger partial charge in [0.15, 0.2) is 0 Å². The Morgan fingerprint density at radius 3 is 2.56 bits per heavy atom. The molecule has 94 valence electrons. The fourth-order valence-electron chi connectivity index (χ4n) is 1.53. The molecule has 0 saturated heterocycles. The van der Waals surface area contributed by atoms with Gasteiger partial charge in [-0.15, -0.1) is 6.58 Å². The first-order valence-corrected chi connectivity index (χ1v) is 6.07. The normalized spacial score (nSPS) is 16.2. The van der Waals surface area contributed by atoms with Crippen molar-refractivity contribution in [3.63, 3.8) is 0 Å². The van der Waals surface area contributed by atoms with Gasteiger partial charge in [0.1, 0.15) is 6.04 Å². The van der Waals surface area contributed by atoms with Crippen LogP contribution in [0.5, 0.6) is 0 Å². The Labute approximate surface area is 99.0 Å². The number of nitrogens with two attached hydrogens (primary N) is 1. The van der Waals surface area contributed by atoms with Crippen LogP contribution in [0.3, 0.4) is 0 Å². The second kappa shape index (κ2) is 8.34. The summed E-state index contributed by atoms with van der Waals surface area (Å²) >= 11 is 0. The third-order valence-electron chi connectivity index (χ3n) is 2.89. The molecule has 3 heteroatoms. The Bertz CT molecular complexity index is 216. The molecule has 0 saturated carbocycles. The van der Waals surface area contributed by atoms with Crippen LogP contribution in [0.25, 0.3) is 0 Å². The molecule has 0 aliphatic carbocycles. The van der Waals surface area contributed by atoms with Crippen molar-refractivity contribution in [2.24, 2.45) is 17.6 Å². The molecule has 0 fully saturated rings. The lowest BCUT2D eigenvalue weighted by Gasteiger charge is -2.18. The molecule has 2 N–H and O–H groups in total. The number of carbonyl (C=O) groups is 1. The largest absolute Gasteiger partial charge is 0.465 e. The second-order valence-corrected chi connectivity index (χ2v) is 4.40. The van der Waals surface area contributed by atoms with Crippen molar-refractivity contribution >= 4 is 5.97 Å². The van der Waals surface area contributed by atoms with E-state index < -0.39 is 6.04 Å². The molecule has 0 aliphatic rings. The van der Waals surface area contributed by atoms with Gasteiger partial charge in [0, 0.05) is 0 Å². The first kappa shape index (κ1) is 15.2. The smallest absolute Gasteiger partial charge is 0.323 e. The quantitative estimate of drug-likeness (QED) is 0.512. The molecule has 3 nitrogen and oxygen atoms in total. The van der Waals surface area contributed by atoms with Crippen molar-refractivity contribution in [3.05, 3.63) is 12.7 Å². The van der Waals surface area contributed by atoms with Crippen LogP contribution in [0.15, 0.2) is 12.7 Å². The Hall–Kier alpha value is -0.830. The number of ether oxygens (including phenoxy) is 1. The average Bonchev–Trinajstić information content (AvgIpc) is 2.27. The van der Waals surface area contributed by atoms with Gasteiger partial charge in [-0.3, -0.25) is 4.79 Å². The lowest BCUT2D eigenvalue weighted by atomic mass is 9.94. The number of hydrogen-bond acceptors (Lipinski definition) is 3. The monoisotopic (exact) mass is 227 g/mol. The molecule has 3 atom stereocenters. The molecule has 0 aromatic heterocycles. The van der Waals surface area contributed by atoms with Crippen LogP contribution in [0.4, 0.5) is 0 Å². The zero-order valence-electron chi connectivity index (χ0n) is 10.7. The van der Waals surface area contributed by atoms with Crippen LogP contribution in [0.2, 0.25) is 0 Å². The molecule has 0 aliphatic heterocycles. The van der Waals surface area contributed by atoms with Crippen molar-refractivity contribution < 1.29 is 9.53 Å². The number of allylic oxidation sites excluding steroid dienone is 1. The second-order valence-electron chi connectivity index (χ2n) is 4.40. The third kappa shape index (κ3) is 5.91. The summed E-state index contributed by atoms with van der Waals surface area (Å²) in [5, 5.41) is 0. The van der Waals surface area contributed by atoms with E-state index in [2.05, 4.69) is 13.5 Å². The molecule has 0 amide bonds. The lowest BCUT2D eigenvalue weighted by molar-refractivity contribution is -0.145. The molecule has 16 heavy (non-hydrogen) atoms. The van der Waals surface area contributed by atoms with Gasteiger partial charge in [-0.25, -0.2) is 0 Å². The zero-order chi connectivity index (χ0) is 12.6. The van der Waals surface area contributed by atoms with Crippen LogP contribution in [0, 0.1) is 11.8 Å². The summed E-state index contributed by atoms with van der Waals surface area (Å²) < 4.78 is 4.89. The molecule has 0 rings (SSSR count). The maximum Gasteiger partial charge on any atom is 0.323 e. The summed E-state index contributed by atoms with van der Waals surface area (Å²) in [6.07, 6.45) is 5.08. The van der Waals surface area contributed by atoms with Gasteiger partial charge in [0.05, 0.1) is 6.61 Å². The van der Waals surface area contributed by atoms with Crippen molar-refractivity contribution in [2.75, 3.05) is 6.61 Å². The van der Waals surface area contributed by atoms with Crippen molar-refractivity contribution in [3.8, 4) is 0 Å². The SMILES string of the molecule is C=CC(C)CCC[C@@H](C)C(N)C(=O)OCC. The Balaban J connectivity index is 3.82. The van der Waals surface area contributed by atoms with Gasteiger partial charge >= 0.3 is 5.97 Å². The predicted molar refractivity (Wildman–Crippen MR) is 67.0 cm³/mol. The lowest BCUT2D eigenvalue weighted by Crippen LogP contribution is -2.38. The highest BCUT2D eigenvalue weighted by Gasteiger charge is 2.21. The summed E-state index contributed by atoms with van der Waals surface area (Å²) in [5.74, 6) is 0.425. The Morgan fingerprint density at radius 2 is 2.06 bits per heavy atom. The van der Waals surface area contributed by atoms with Crippen molar-refractivity contribution in [2.45, 2.75) is 46.1 Å². The minimum absolute atomic E-state index is 0.177. The molecule has 0 bridgehead atoms. The first-order valence-electron chi connectivity index (χ1n) is 6.07. The van der Waals surface area contributed by atoms with Gasteiger partial charge in [-0.05, 0) is 31.6 Å². The summed E-state index contributed by atoms with van der Waals surface area (Å²) in [6, 6.07) is -0.487. The molecule has 0 aromatic carbocycles. The number of carbonyl (C=O) groups excluding carboxylic acids is 1. The predicted octanol–water partition coefficient (Wildman–Crippen LogP) is 2.51. The van der Waals surface area contributed by atoms with Gasteiger partial charge in [0.25, 0.3) is 0 Å². The summed E-state index contributed by atoms with van der Waals surface area (Å²) in [5.41, 5.74) is 5.80. The average molecular weight is 227 g/mol. The summed E-state index contributed by atoms with van der Waals surface area (Å²) in [4.78, 5) is 11.4. The zero-order valence-corrected chi connectivity index (χ0v) is 10.7. The Morgan fingerprint density at radius 1 is 1.44 bits per heavy atom. The van der Waals surface area contributed by atoms with Gasteiger partial charge < -0.3 is 10.5 Å². The van der Waals surface area contributed by atoms with E-state index >= 15 is 0 Å². The molecular formula is C13H25NO2. The molecule has 0 heterocycles. The topological polar surface area (TPSA) is 52.3 Å². The molecule has 2 unspecified atom stereocenters. The van der Waals surface area contributed by atoms with Gasteiger partial charge in [-0.2, -0.15) is 0 Å². The van der Waals surface area contributed by atoms with Crippen molar-refractivity contribution in [1.29, 1.82) is 0 Å². The fraction of sp³-hybridized carbons (Fsp3) is 0.769. The van der Waals surface area contributed by atoms with E-state index in [1.54, 1.807) is 6.92 Å². The van der Waals surface area contributed by atoms with Crippen LogP contribution < -0.4 is 5.73 Å². The van der Waals surface area contributed by atoms with E-state index in [-0.39, 0.29) is 11.9 Å². The minimum atomic E-state index is -0.487. The first-order chi connectivity index (χ1) is 7.52. The van der Waals surface area contributed by atoms with Crippen LogP contribution >= 0.6 is 0 Å². The van der Waals surface area contributed by atoms with Crippen LogP contribution in [-0.4, -0.2) is 18.6 Å². The van der Waals surface area contributed by atoms with E-state index in [1.165, 1.54) is 0 Å². The molecule has 0 aromatic rings. The van der Waals surface area contributed by atoms with Gasteiger partial charge in [-0.1, -0.05) is 26.3 Å². The fourth-order valence-corrected chi connectivity index (χ4v) is 1.53. The van der Waals surface area contributed by atoms with E-state index in [9.17, 15) is 4.79 Å². The number of rotatable bonds is 8. The molecule has 0 radical (unpaired) electrons. The maximum absolute atomic E-state index is 11.4. The third-order valence-corrected chi connectivity index (χ3v) is 2.89. The highest BCUT2D eigenvalue weighted by molar-refractivity contribution is 5.75. The highest BCUT2D eigenvalue weighted by atomic mass is 16.5. The van der Waals surface area contributed by atoms with E-state index in [0.29, 0.717) is 12.5 Å². The van der Waals surface area contributed by atoms with E-state index in [4.69, 9.17) is 10.5 Å². The number of esters is 1. The Kier molecular flexibility index (Phi) is 7.90. The molecular weight excluding hydrogens is 202 g/mol. The molecule has 0 spiro atoms. The number of hydrogen-bond donors (Lipinski definition) is 1. The van der Waals surface area contributed by atoms with E-state index in [0.717, 1.165) is 19.3 Å². The standard InChI is InChI=1S/C13H25NO2/c1-5-10(3)8-7-9-11(4)12(14)13(15)16-6-2/h5,10-12H,1,6-9,14H2,2-4H3/t10?,11-,12?/m1/s1. The van der Waals surface area contributed by atoms with Crippen LogP contribution in [0.1, 0.15) is 40.0 Å². The highest BCUT2D eigenvalue weighted by Crippen LogP contribution is 2.15. The minimum Gasteiger partial charge on any atom is -0.465 e. The van der Waals surface area contributed by atoms with Gasteiger partial charge in [0.2, 0.25) is 0 Å². The summed E-state index contributed by atoms with van der Waals surface area (Å²) in [6.45, 7) is 10.1.